The second kappa shape index (κ2) is 7.58. The van der Waals surface area contributed by atoms with Crippen LogP contribution in [0.3, 0.4) is 0 Å². The van der Waals surface area contributed by atoms with Crippen molar-refractivity contribution in [3.8, 4) is 0 Å². The van der Waals surface area contributed by atoms with Gasteiger partial charge in [0, 0.05) is 6.04 Å². The summed E-state index contributed by atoms with van der Waals surface area (Å²) in [5.74, 6) is 0.779. The minimum Gasteiger partial charge on any atom is -0.310 e. The molecular formula is C17H29N. The first kappa shape index (κ1) is 15.2. The summed E-state index contributed by atoms with van der Waals surface area (Å²) in [6, 6.07) is 7.20. The summed E-state index contributed by atoms with van der Waals surface area (Å²) in [5, 5.41) is 3.71. The lowest BCUT2D eigenvalue weighted by Gasteiger charge is -2.22. The van der Waals surface area contributed by atoms with E-state index in [2.05, 4.69) is 58.1 Å². The SMILES string of the molecule is CCCNC(CCC(C)C)c1cccc(C)c1C. The fraction of sp³-hybridized carbons (Fsp3) is 0.647. The van der Waals surface area contributed by atoms with E-state index in [1.807, 2.05) is 0 Å². The molecule has 0 spiro atoms. The summed E-state index contributed by atoms with van der Waals surface area (Å²) >= 11 is 0. The predicted octanol–water partition coefficient (Wildman–Crippen LogP) is 4.78. The van der Waals surface area contributed by atoms with Gasteiger partial charge in [-0.25, -0.2) is 0 Å². The van der Waals surface area contributed by atoms with Crippen molar-refractivity contribution in [1.29, 1.82) is 0 Å². The largest absolute Gasteiger partial charge is 0.310 e. The molecular weight excluding hydrogens is 218 g/mol. The van der Waals surface area contributed by atoms with E-state index in [0.29, 0.717) is 6.04 Å². The number of hydrogen-bond donors (Lipinski definition) is 1. The zero-order valence-electron chi connectivity index (χ0n) is 12.7. The second-order valence-electron chi connectivity index (χ2n) is 5.77. The summed E-state index contributed by atoms with van der Waals surface area (Å²) < 4.78 is 0. The van der Waals surface area contributed by atoms with Gasteiger partial charge in [0.05, 0.1) is 0 Å². The van der Waals surface area contributed by atoms with Gasteiger partial charge in [-0.15, -0.1) is 0 Å². The van der Waals surface area contributed by atoms with Crippen LogP contribution in [0.2, 0.25) is 0 Å². The Bertz CT molecular complexity index is 355. The highest BCUT2D eigenvalue weighted by atomic mass is 14.9. The van der Waals surface area contributed by atoms with Crippen molar-refractivity contribution in [1.82, 2.24) is 5.32 Å². The average molecular weight is 247 g/mol. The Labute approximate surface area is 113 Å². The maximum Gasteiger partial charge on any atom is 0.0323 e. The second-order valence-corrected chi connectivity index (χ2v) is 5.77. The fourth-order valence-corrected chi connectivity index (χ4v) is 2.34. The third-order valence-electron chi connectivity index (χ3n) is 3.70. The van der Waals surface area contributed by atoms with Gasteiger partial charge in [-0.2, -0.15) is 0 Å². The topological polar surface area (TPSA) is 12.0 Å². The van der Waals surface area contributed by atoms with Crippen molar-refractivity contribution in [2.75, 3.05) is 6.54 Å². The van der Waals surface area contributed by atoms with E-state index in [0.717, 1.165) is 12.5 Å². The van der Waals surface area contributed by atoms with Gasteiger partial charge in [0.25, 0.3) is 0 Å². The van der Waals surface area contributed by atoms with E-state index in [4.69, 9.17) is 0 Å². The lowest BCUT2D eigenvalue weighted by molar-refractivity contribution is 0.439. The summed E-state index contributed by atoms with van der Waals surface area (Å²) in [4.78, 5) is 0. The molecule has 1 aromatic carbocycles. The molecule has 0 fully saturated rings. The molecule has 1 unspecified atom stereocenters. The quantitative estimate of drug-likeness (QED) is 0.731. The van der Waals surface area contributed by atoms with Crippen LogP contribution in [0.4, 0.5) is 0 Å². The third-order valence-corrected chi connectivity index (χ3v) is 3.70. The molecule has 0 saturated carbocycles. The van der Waals surface area contributed by atoms with E-state index in [1.165, 1.54) is 36.0 Å². The zero-order valence-corrected chi connectivity index (χ0v) is 12.7. The van der Waals surface area contributed by atoms with Crippen LogP contribution >= 0.6 is 0 Å². The number of nitrogens with one attached hydrogen (secondary N) is 1. The average Bonchev–Trinajstić information content (AvgIpc) is 2.33. The normalized spacial score (nSPS) is 13.0. The Morgan fingerprint density at radius 1 is 1.11 bits per heavy atom. The van der Waals surface area contributed by atoms with E-state index in [9.17, 15) is 0 Å². The van der Waals surface area contributed by atoms with Crippen molar-refractivity contribution >= 4 is 0 Å². The molecule has 1 nitrogen and oxygen atoms in total. The molecule has 1 N–H and O–H groups in total. The smallest absolute Gasteiger partial charge is 0.0323 e. The molecule has 1 aromatic rings. The first-order chi connectivity index (χ1) is 8.56. The molecule has 1 rings (SSSR count). The van der Waals surface area contributed by atoms with Crippen LogP contribution in [0, 0.1) is 19.8 Å². The molecule has 0 amide bonds. The maximum absolute atomic E-state index is 3.71. The molecule has 18 heavy (non-hydrogen) atoms. The molecule has 0 saturated heterocycles. The number of benzene rings is 1. The molecule has 102 valence electrons. The molecule has 0 aliphatic heterocycles. The number of aryl methyl sites for hydroxylation is 1. The minimum atomic E-state index is 0.521. The van der Waals surface area contributed by atoms with E-state index >= 15 is 0 Å². The van der Waals surface area contributed by atoms with Crippen LogP contribution in [-0.4, -0.2) is 6.54 Å². The van der Waals surface area contributed by atoms with Gasteiger partial charge in [-0.1, -0.05) is 39.0 Å². The molecule has 0 bridgehead atoms. The minimum absolute atomic E-state index is 0.521. The Morgan fingerprint density at radius 3 is 2.44 bits per heavy atom. The summed E-state index contributed by atoms with van der Waals surface area (Å²) in [6.45, 7) is 12.4. The first-order valence-electron chi connectivity index (χ1n) is 7.35. The van der Waals surface area contributed by atoms with Gasteiger partial charge in [0.2, 0.25) is 0 Å². The monoisotopic (exact) mass is 247 g/mol. The lowest BCUT2D eigenvalue weighted by Crippen LogP contribution is -2.23. The third kappa shape index (κ3) is 4.45. The van der Waals surface area contributed by atoms with Gasteiger partial charge in [0.15, 0.2) is 0 Å². The summed E-state index contributed by atoms with van der Waals surface area (Å²) in [5.41, 5.74) is 4.35. The molecule has 0 aromatic heterocycles. The van der Waals surface area contributed by atoms with Crippen molar-refractivity contribution in [3.63, 3.8) is 0 Å². The fourth-order valence-electron chi connectivity index (χ4n) is 2.34. The van der Waals surface area contributed by atoms with Crippen molar-refractivity contribution in [3.05, 3.63) is 34.9 Å². The Morgan fingerprint density at radius 2 is 1.83 bits per heavy atom. The van der Waals surface area contributed by atoms with Crippen LogP contribution in [0.1, 0.15) is 62.8 Å². The number of hydrogen-bond acceptors (Lipinski definition) is 1. The standard InChI is InChI=1S/C17H29N/c1-6-12-18-17(11-10-13(2)3)16-9-7-8-14(4)15(16)5/h7-9,13,17-18H,6,10-12H2,1-5H3. The molecule has 1 heteroatoms. The Kier molecular flexibility index (Phi) is 6.42. The van der Waals surface area contributed by atoms with Crippen molar-refractivity contribution in [2.45, 2.75) is 59.9 Å². The predicted molar refractivity (Wildman–Crippen MR) is 81.0 cm³/mol. The van der Waals surface area contributed by atoms with E-state index < -0.39 is 0 Å². The van der Waals surface area contributed by atoms with E-state index in [1.54, 1.807) is 0 Å². The molecule has 0 aliphatic rings. The van der Waals surface area contributed by atoms with Gasteiger partial charge in [-0.05, 0) is 62.3 Å². The molecule has 0 aliphatic carbocycles. The van der Waals surface area contributed by atoms with Gasteiger partial charge in [0.1, 0.15) is 0 Å². The Balaban J connectivity index is 2.83. The van der Waals surface area contributed by atoms with Crippen LogP contribution in [0.25, 0.3) is 0 Å². The molecule has 1 atom stereocenters. The number of rotatable bonds is 7. The van der Waals surface area contributed by atoms with E-state index in [-0.39, 0.29) is 0 Å². The van der Waals surface area contributed by atoms with Crippen LogP contribution < -0.4 is 5.32 Å². The van der Waals surface area contributed by atoms with Crippen molar-refractivity contribution < 1.29 is 0 Å². The van der Waals surface area contributed by atoms with Gasteiger partial charge >= 0.3 is 0 Å². The zero-order chi connectivity index (χ0) is 13.5. The van der Waals surface area contributed by atoms with Crippen molar-refractivity contribution in [2.24, 2.45) is 5.92 Å². The molecule has 0 radical (unpaired) electrons. The highest BCUT2D eigenvalue weighted by molar-refractivity contribution is 5.35. The van der Waals surface area contributed by atoms with Gasteiger partial charge < -0.3 is 5.32 Å². The van der Waals surface area contributed by atoms with Crippen LogP contribution in [0.15, 0.2) is 18.2 Å². The summed E-state index contributed by atoms with van der Waals surface area (Å²) in [6.07, 6.45) is 3.72. The van der Waals surface area contributed by atoms with Crippen LogP contribution in [0.5, 0.6) is 0 Å². The molecule has 0 heterocycles. The van der Waals surface area contributed by atoms with Gasteiger partial charge in [-0.3, -0.25) is 0 Å². The highest BCUT2D eigenvalue weighted by Crippen LogP contribution is 2.25. The lowest BCUT2D eigenvalue weighted by atomic mass is 9.92. The highest BCUT2D eigenvalue weighted by Gasteiger charge is 2.14. The Hall–Kier alpha value is -0.820. The summed E-state index contributed by atoms with van der Waals surface area (Å²) in [7, 11) is 0. The van der Waals surface area contributed by atoms with Crippen LogP contribution in [-0.2, 0) is 0 Å². The maximum atomic E-state index is 3.71. The first-order valence-corrected chi connectivity index (χ1v) is 7.35.